The topological polar surface area (TPSA) is 46.5 Å². The fourth-order valence-electron chi connectivity index (χ4n) is 5.32. The maximum absolute atomic E-state index is 14.2. The Morgan fingerprint density at radius 1 is 1.11 bits per heavy atom. The van der Waals surface area contributed by atoms with E-state index in [1.54, 1.807) is 7.11 Å². The normalized spacial score (nSPS) is 17.8. The number of hydrogen-bond donors (Lipinski definition) is 1. The fourth-order valence-corrected chi connectivity index (χ4v) is 5.32. The van der Waals surface area contributed by atoms with Crippen molar-refractivity contribution in [1.29, 1.82) is 0 Å². The maximum atomic E-state index is 14.2. The van der Waals surface area contributed by atoms with Gasteiger partial charge in [-0.05, 0) is 55.5 Å². The van der Waals surface area contributed by atoms with Crippen LogP contribution in [0.3, 0.4) is 0 Å². The van der Waals surface area contributed by atoms with Gasteiger partial charge in [0.15, 0.2) is 0 Å². The Hall–Kier alpha value is -3.57. The van der Waals surface area contributed by atoms with Crippen molar-refractivity contribution in [2.24, 2.45) is 0 Å². The summed E-state index contributed by atoms with van der Waals surface area (Å²) in [6.07, 6.45) is 9.21. The number of benzene rings is 2. The first-order chi connectivity index (χ1) is 17.2. The Kier molecular flexibility index (Phi) is 6.87. The number of aryl methyl sites for hydroxylation is 1. The van der Waals surface area contributed by atoms with E-state index in [4.69, 9.17) is 4.74 Å². The van der Waals surface area contributed by atoms with Gasteiger partial charge in [-0.1, -0.05) is 60.7 Å². The molecule has 5 nitrogen and oxygen atoms in total. The van der Waals surface area contributed by atoms with Crippen molar-refractivity contribution in [3.05, 3.63) is 95.7 Å². The van der Waals surface area contributed by atoms with Crippen molar-refractivity contribution in [2.75, 3.05) is 26.7 Å². The zero-order valence-electron chi connectivity index (χ0n) is 20.5. The Morgan fingerprint density at radius 2 is 1.91 bits per heavy atom. The van der Waals surface area contributed by atoms with Crippen molar-refractivity contribution in [3.8, 4) is 17.0 Å². The lowest BCUT2D eigenvalue weighted by Gasteiger charge is -2.37. The number of carbonyl (C=O) groups is 1. The molecule has 1 aliphatic carbocycles. The molecule has 0 bridgehead atoms. The predicted octanol–water partition coefficient (Wildman–Crippen LogP) is 5.32. The molecule has 1 N–H and O–H groups in total. The van der Waals surface area contributed by atoms with E-state index in [1.165, 1.54) is 5.70 Å². The minimum Gasteiger partial charge on any atom is -0.496 e. The Morgan fingerprint density at radius 3 is 2.69 bits per heavy atom. The van der Waals surface area contributed by atoms with Gasteiger partial charge in [-0.25, -0.2) is 0 Å². The number of methoxy groups -OCH3 is 1. The highest BCUT2D eigenvalue weighted by molar-refractivity contribution is 6.01. The summed E-state index contributed by atoms with van der Waals surface area (Å²) in [4.78, 5) is 16.3. The summed E-state index contributed by atoms with van der Waals surface area (Å²) in [6, 6.07) is 20.5. The number of amides is 1. The summed E-state index contributed by atoms with van der Waals surface area (Å²) >= 11 is 0. The van der Waals surface area contributed by atoms with E-state index < -0.39 is 0 Å². The molecule has 1 aliphatic heterocycles. The molecular formula is C30H33N3O2. The quantitative estimate of drug-likeness (QED) is 0.534. The Balaban J connectivity index is 1.55. The van der Waals surface area contributed by atoms with Crippen LogP contribution in [0.25, 0.3) is 17.0 Å². The molecule has 1 amide bonds. The molecule has 0 spiro atoms. The molecule has 5 rings (SSSR count). The second-order valence-corrected chi connectivity index (χ2v) is 9.25. The van der Waals surface area contributed by atoms with Crippen LogP contribution >= 0.6 is 0 Å². The fraction of sp³-hybridized carbons (Fsp3) is 0.300. The van der Waals surface area contributed by atoms with Crippen LogP contribution in [-0.4, -0.2) is 48.2 Å². The first-order valence-corrected chi connectivity index (χ1v) is 12.4. The molecule has 180 valence electrons. The largest absolute Gasteiger partial charge is 0.496 e. The Bertz CT molecular complexity index is 1260. The van der Waals surface area contributed by atoms with Crippen molar-refractivity contribution >= 4 is 11.6 Å². The number of piperazine rings is 1. The zero-order valence-corrected chi connectivity index (χ0v) is 20.5. The van der Waals surface area contributed by atoms with Crippen LogP contribution in [0.15, 0.2) is 78.9 Å². The number of para-hydroxylation sites is 1. The number of nitrogens with one attached hydrogen (secondary N) is 1. The number of nitrogens with zero attached hydrogens (tertiary/aromatic N) is 2. The molecular weight excluding hydrogens is 434 g/mol. The van der Waals surface area contributed by atoms with E-state index in [0.717, 1.165) is 66.2 Å². The third-order valence-electron chi connectivity index (χ3n) is 7.00. The summed E-state index contributed by atoms with van der Waals surface area (Å²) < 4.78 is 7.87. The van der Waals surface area contributed by atoms with Crippen LogP contribution in [0.5, 0.6) is 5.75 Å². The lowest BCUT2D eigenvalue weighted by molar-refractivity contribution is 0.0636. The molecule has 1 unspecified atom stereocenters. The number of aromatic nitrogens is 1. The molecule has 1 atom stereocenters. The first kappa shape index (κ1) is 23.2. The van der Waals surface area contributed by atoms with Gasteiger partial charge in [0.2, 0.25) is 0 Å². The van der Waals surface area contributed by atoms with Gasteiger partial charge < -0.3 is 19.5 Å². The SMILES string of the molecule is COc1ccccc1CC1CNCCN1C(=O)c1cc(C)n(C2=CC=CCC2)c1-c1ccccc1. The van der Waals surface area contributed by atoms with E-state index in [-0.39, 0.29) is 11.9 Å². The van der Waals surface area contributed by atoms with Gasteiger partial charge in [0.25, 0.3) is 5.91 Å². The maximum Gasteiger partial charge on any atom is 0.256 e. The summed E-state index contributed by atoms with van der Waals surface area (Å²) in [5.41, 5.74) is 6.27. The Labute approximate surface area is 207 Å². The summed E-state index contributed by atoms with van der Waals surface area (Å²) in [7, 11) is 1.70. The molecule has 1 saturated heterocycles. The molecule has 0 saturated carbocycles. The van der Waals surface area contributed by atoms with Crippen LogP contribution in [0.2, 0.25) is 0 Å². The van der Waals surface area contributed by atoms with Crippen molar-refractivity contribution in [1.82, 2.24) is 14.8 Å². The number of allylic oxidation sites excluding steroid dienone is 4. The van der Waals surface area contributed by atoms with E-state index in [2.05, 4.69) is 64.2 Å². The van der Waals surface area contributed by atoms with Crippen molar-refractivity contribution in [3.63, 3.8) is 0 Å². The van der Waals surface area contributed by atoms with Gasteiger partial charge in [0.05, 0.1) is 18.4 Å². The minimum atomic E-state index is 0.0525. The van der Waals surface area contributed by atoms with E-state index >= 15 is 0 Å². The molecule has 2 aromatic carbocycles. The number of rotatable bonds is 6. The number of hydrogen-bond acceptors (Lipinski definition) is 3. The summed E-state index contributed by atoms with van der Waals surface area (Å²) in [6.45, 7) is 4.35. The van der Waals surface area contributed by atoms with Gasteiger partial charge in [-0.3, -0.25) is 4.79 Å². The highest BCUT2D eigenvalue weighted by atomic mass is 16.5. The molecule has 1 aromatic heterocycles. The highest BCUT2D eigenvalue weighted by Gasteiger charge is 2.32. The first-order valence-electron chi connectivity index (χ1n) is 12.4. The van der Waals surface area contributed by atoms with Crippen LogP contribution in [-0.2, 0) is 6.42 Å². The van der Waals surface area contributed by atoms with E-state index in [0.29, 0.717) is 6.54 Å². The lowest BCUT2D eigenvalue weighted by Crippen LogP contribution is -2.54. The lowest BCUT2D eigenvalue weighted by atomic mass is 10.00. The third kappa shape index (κ3) is 4.69. The zero-order chi connectivity index (χ0) is 24.2. The van der Waals surface area contributed by atoms with Gasteiger partial charge in [0.1, 0.15) is 5.75 Å². The average molecular weight is 468 g/mol. The minimum absolute atomic E-state index is 0.0525. The second kappa shape index (κ2) is 10.4. The van der Waals surface area contributed by atoms with Crippen LogP contribution in [0.1, 0.15) is 34.5 Å². The second-order valence-electron chi connectivity index (χ2n) is 9.25. The summed E-state index contributed by atoms with van der Waals surface area (Å²) in [5.74, 6) is 0.966. The molecule has 35 heavy (non-hydrogen) atoms. The van der Waals surface area contributed by atoms with Gasteiger partial charge in [-0.15, -0.1) is 0 Å². The van der Waals surface area contributed by atoms with E-state index in [1.807, 2.05) is 36.4 Å². The van der Waals surface area contributed by atoms with Gasteiger partial charge >= 0.3 is 0 Å². The molecule has 2 heterocycles. The van der Waals surface area contributed by atoms with Crippen molar-refractivity contribution < 1.29 is 9.53 Å². The van der Waals surface area contributed by atoms with Crippen LogP contribution in [0.4, 0.5) is 0 Å². The average Bonchev–Trinajstić information content (AvgIpc) is 3.27. The third-order valence-corrected chi connectivity index (χ3v) is 7.00. The predicted molar refractivity (Wildman–Crippen MR) is 142 cm³/mol. The molecule has 0 radical (unpaired) electrons. The summed E-state index contributed by atoms with van der Waals surface area (Å²) in [5, 5.41) is 3.49. The van der Waals surface area contributed by atoms with Gasteiger partial charge in [-0.2, -0.15) is 0 Å². The molecule has 2 aliphatic rings. The van der Waals surface area contributed by atoms with Crippen LogP contribution < -0.4 is 10.1 Å². The molecule has 5 heteroatoms. The molecule has 3 aromatic rings. The molecule has 1 fully saturated rings. The van der Waals surface area contributed by atoms with E-state index in [9.17, 15) is 4.79 Å². The monoisotopic (exact) mass is 467 g/mol. The smallest absolute Gasteiger partial charge is 0.256 e. The van der Waals surface area contributed by atoms with Gasteiger partial charge in [0, 0.05) is 37.1 Å². The highest BCUT2D eigenvalue weighted by Crippen LogP contribution is 2.34. The number of carbonyl (C=O) groups excluding carboxylic acids is 1. The number of ether oxygens (including phenoxy) is 1. The van der Waals surface area contributed by atoms with Crippen molar-refractivity contribution in [2.45, 2.75) is 32.2 Å². The standard InChI is InChI=1S/C30H33N3O2/c1-22-19-27(29(23-11-5-3-6-12-23)33(22)25-14-7-4-8-15-25)30(34)32-18-17-31-21-26(32)20-24-13-9-10-16-28(24)35-2/h3-7,9-14,16,19,26,31H,8,15,17-18,20-21H2,1-2H3. The van der Waals surface area contributed by atoms with Crippen LogP contribution in [0, 0.1) is 6.92 Å².